The lowest BCUT2D eigenvalue weighted by atomic mass is 9.92. The van der Waals surface area contributed by atoms with Crippen LogP contribution in [-0.4, -0.2) is 15.0 Å². The fourth-order valence-corrected chi connectivity index (χ4v) is 8.50. The Balaban J connectivity index is 1.21. The van der Waals surface area contributed by atoms with E-state index in [-0.39, 0.29) is 0 Å². The van der Waals surface area contributed by atoms with E-state index in [1.807, 2.05) is 72.8 Å². The van der Waals surface area contributed by atoms with E-state index >= 15 is 0 Å². The summed E-state index contributed by atoms with van der Waals surface area (Å²) in [4.78, 5) is 15.0. The molecule has 0 amide bonds. The Morgan fingerprint density at radius 2 is 0.882 bits per heavy atom. The van der Waals surface area contributed by atoms with Gasteiger partial charge in [-0.2, -0.15) is 5.26 Å². The van der Waals surface area contributed by atoms with E-state index in [4.69, 9.17) is 15.0 Å². The number of aromatic nitrogens is 3. The minimum absolute atomic E-state index is 0.541. The van der Waals surface area contributed by atoms with Crippen LogP contribution < -0.4 is 0 Å². The Labute approximate surface area is 297 Å². The molecule has 10 aromatic rings. The Kier molecular flexibility index (Phi) is 6.70. The Hall–Kier alpha value is -6.74. The van der Waals surface area contributed by atoms with E-state index in [0.29, 0.717) is 23.0 Å². The number of benzene rings is 8. The molecule has 51 heavy (non-hydrogen) atoms. The van der Waals surface area contributed by atoms with Crippen LogP contribution in [0.5, 0.6) is 0 Å². The molecule has 5 heteroatoms. The molecule has 0 radical (unpaired) electrons. The van der Waals surface area contributed by atoms with E-state index in [0.717, 1.165) is 48.0 Å². The highest BCUT2D eigenvalue weighted by Gasteiger charge is 2.19. The van der Waals surface area contributed by atoms with Crippen LogP contribution in [-0.2, 0) is 0 Å². The van der Waals surface area contributed by atoms with Gasteiger partial charge in [-0.25, -0.2) is 15.0 Å². The third-order valence-corrected chi connectivity index (χ3v) is 10.8. The second-order valence-electron chi connectivity index (χ2n) is 12.7. The molecule has 0 aliphatic rings. The zero-order valence-corrected chi connectivity index (χ0v) is 28.0. The SMILES string of the molecule is N#Cc1cc(-c2nc(-c3ccccc3)nc(-c3ccccc3)n2)c2c(c1)sc1ccc(-c3ccc4c5ccccc5c5ccccc5c4c3)cc12. The van der Waals surface area contributed by atoms with E-state index in [2.05, 4.69) is 91.0 Å². The van der Waals surface area contributed by atoms with Crippen LogP contribution in [0.3, 0.4) is 0 Å². The summed E-state index contributed by atoms with van der Waals surface area (Å²) in [6.07, 6.45) is 0. The number of thiophene rings is 1. The van der Waals surface area contributed by atoms with E-state index in [9.17, 15) is 5.26 Å². The van der Waals surface area contributed by atoms with Gasteiger partial charge >= 0.3 is 0 Å². The lowest BCUT2D eigenvalue weighted by Gasteiger charge is -2.12. The molecule has 236 valence electrons. The van der Waals surface area contributed by atoms with Crippen molar-refractivity contribution in [3.8, 4) is 51.4 Å². The molecule has 0 saturated heterocycles. The average Bonchev–Trinajstić information content (AvgIpc) is 3.58. The third-order valence-electron chi connectivity index (χ3n) is 9.72. The molecular weight excluding hydrogens is 641 g/mol. The van der Waals surface area contributed by atoms with Crippen molar-refractivity contribution in [2.24, 2.45) is 0 Å². The van der Waals surface area contributed by atoms with Crippen molar-refractivity contribution >= 4 is 63.8 Å². The smallest absolute Gasteiger partial charge is 0.164 e. The van der Waals surface area contributed by atoms with Crippen molar-refractivity contribution in [3.63, 3.8) is 0 Å². The quantitative estimate of drug-likeness (QED) is 0.175. The molecule has 0 unspecified atom stereocenters. The molecule has 0 atom stereocenters. The van der Waals surface area contributed by atoms with Gasteiger partial charge in [-0.15, -0.1) is 11.3 Å². The highest BCUT2D eigenvalue weighted by atomic mass is 32.1. The largest absolute Gasteiger partial charge is 0.208 e. The van der Waals surface area contributed by atoms with Crippen LogP contribution in [0.25, 0.3) is 97.8 Å². The molecule has 0 aliphatic heterocycles. The highest BCUT2D eigenvalue weighted by molar-refractivity contribution is 7.26. The van der Waals surface area contributed by atoms with Gasteiger partial charge in [0.05, 0.1) is 11.6 Å². The monoisotopic (exact) mass is 666 g/mol. The number of fused-ring (bicyclic) bond motifs is 9. The summed E-state index contributed by atoms with van der Waals surface area (Å²) < 4.78 is 2.16. The molecule has 0 spiro atoms. The fourth-order valence-electron chi connectivity index (χ4n) is 7.34. The molecule has 8 aromatic carbocycles. The number of nitrogens with zero attached hydrogens (tertiary/aromatic N) is 4. The highest BCUT2D eigenvalue weighted by Crippen LogP contribution is 2.43. The van der Waals surface area contributed by atoms with Crippen molar-refractivity contribution in [2.75, 3.05) is 0 Å². The van der Waals surface area contributed by atoms with Crippen LogP contribution in [0.4, 0.5) is 0 Å². The van der Waals surface area contributed by atoms with Crippen LogP contribution >= 0.6 is 11.3 Å². The van der Waals surface area contributed by atoms with Crippen molar-refractivity contribution in [2.45, 2.75) is 0 Å². The topological polar surface area (TPSA) is 62.5 Å². The number of rotatable bonds is 4. The van der Waals surface area contributed by atoms with Gasteiger partial charge in [0.1, 0.15) is 0 Å². The van der Waals surface area contributed by atoms with Gasteiger partial charge in [0.25, 0.3) is 0 Å². The predicted molar refractivity (Wildman–Crippen MR) is 212 cm³/mol. The number of nitriles is 1. The normalized spacial score (nSPS) is 11.5. The molecule has 0 bridgehead atoms. The third kappa shape index (κ3) is 4.85. The van der Waals surface area contributed by atoms with Crippen LogP contribution in [0.15, 0.2) is 158 Å². The van der Waals surface area contributed by atoms with Crippen LogP contribution in [0, 0.1) is 11.3 Å². The lowest BCUT2D eigenvalue weighted by Crippen LogP contribution is -2.00. The van der Waals surface area contributed by atoms with Gasteiger partial charge in [0.2, 0.25) is 0 Å². The first-order valence-corrected chi connectivity index (χ1v) is 17.6. The van der Waals surface area contributed by atoms with Gasteiger partial charge in [0.15, 0.2) is 17.5 Å². The van der Waals surface area contributed by atoms with Gasteiger partial charge in [-0.05, 0) is 73.8 Å². The summed E-state index contributed by atoms with van der Waals surface area (Å²) in [5, 5.41) is 19.8. The summed E-state index contributed by atoms with van der Waals surface area (Å²) in [6.45, 7) is 0. The van der Waals surface area contributed by atoms with Gasteiger partial charge in [-0.3, -0.25) is 0 Å². The standard InChI is InChI=1S/C46H26N4S/c47-27-28-23-40(46-49-44(29-11-3-1-4-12-29)48-45(50-46)30-13-5-2-6-14-30)43-39-26-32(20-22-41(39)51-42(43)24-28)31-19-21-37-35-17-8-7-15-33(35)34-16-9-10-18-36(34)38(37)25-31/h1-26H. The molecule has 2 aromatic heterocycles. The molecule has 10 rings (SSSR count). The molecule has 0 aliphatic carbocycles. The lowest BCUT2D eigenvalue weighted by molar-refractivity contribution is 1.08. The van der Waals surface area contributed by atoms with Gasteiger partial charge in [0, 0.05) is 36.9 Å². The number of hydrogen-bond acceptors (Lipinski definition) is 5. The molecule has 4 nitrogen and oxygen atoms in total. The maximum atomic E-state index is 10.1. The summed E-state index contributed by atoms with van der Waals surface area (Å²) in [7, 11) is 0. The van der Waals surface area contributed by atoms with E-state index in [1.165, 1.54) is 32.3 Å². The number of hydrogen-bond donors (Lipinski definition) is 0. The Bertz CT molecular complexity index is 2940. The van der Waals surface area contributed by atoms with Crippen molar-refractivity contribution < 1.29 is 0 Å². The van der Waals surface area contributed by atoms with Crippen molar-refractivity contribution in [1.82, 2.24) is 15.0 Å². The molecule has 0 fully saturated rings. The summed E-state index contributed by atoms with van der Waals surface area (Å²) in [6, 6.07) is 57.1. The second kappa shape index (κ2) is 11.7. The molecule has 2 heterocycles. The predicted octanol–water partition coefficient (Wildman–Crippen LogP) is 12.2. The minimum Gasteiger partial charge on any atom is -0.208 e. The van der Waals surface area contributed by atoms with Gasteiger partial charge < -0.3 is 0 Å². The first-order chi connectivity index (χ1) is 25.2. The molecule has 0 N–H and O–H groups in total. The van der Waals surface area contributed by atoms with E-state index < -0.39 is 0 Å². The van der Waals surface area contributed by atoms with Gasteiger partial charge in [-0.1, -0.05) is 127 Å². The van der Waals surface area contributed by atoms with Crippen LogP contribution in [0.2, 0.25) is 0 Å². The van der Waals surface area contributed by atoms with E-state index in [1.54, 1.807) is 11.3 Å². The molecular formula is C46H26N4S. The average molecular weight is 667 g/mol. The Morgan fingerprint density at radius 1 is 0.392 bits per heavy atom. The molecule has 0 saturated carbocycles. The zero-order valence-electron chi connectivity index (χ0n) is 27.2. The minimum atomic E-state index is 0.541. The maximum absolute atomic E-state index is 10.1. The second-order valence-corrected chi connectivity index (χ2v) is 13.8. The fraction of sp³-hybridized carbons (Fsp3) is 0. The summed E-state index contributed by atoms with van der Waals surface area (Å²) in [5.74, 6) is 1.72. The van der Waals surface area contributed by atoms with Crippen LogP contribution in [0.1, 0.15) is 5.56 Å². The maximum Gasteiger partial charge on any atom is 0.164 e. The summed E-state index contributed by atoms with van der Waals surface area (Å²) >= 11 is 1.69. The Morgan fingerprint density at radius 3 is 1.47 bits per heavy atom. The first kappa shape index (κ1) is 29.2. The summed E-state index contributed by atoms with van der Waals surface area (Å²) in [5.41, 5.74) is 5.47. The first-order valence-electron chi connectivity index (χ1n) is 16.8. The zero-order chi connectivity index (χ0) is 33.9. The van der Waals surface area contributed by atoms with Crippen molar-refractivity contribution in [3.05, 3.63) is 163 Å². The van der Waals surface area contributed by atoms with Crippen molar-refractivity contribution in [1.29, 1.82) is 5.26 Å².